The van der Waals surface area contributed by atoms with Crippen LogP contribution in [0, 0.1) is 11.3 Å². The fraction of sp³-hybridized carbons (Fsp3) is 0.0435. The fourth-order valence-electron chi connectivity index (χ4n) is 2.89. The monoisotopic (exact) mass is 348 g/mol. The van der Waals surface area contributed by atoms with E-state index >= 15 is 0 Å². The van der Waals surface area contributed by atoms with Gasteiger partial charge in [0.15, 0.2) is 0 Å². The van der Waals surface area contributed by atoms with Crippen molar-refractivity contribution in [3.63, 3.8) is 0 Å². The highest BCUT2D eigenvalue weighted by molar-refractivity contribution is 5.74. The number of aromatic nitrogens is 3. The van der Waals surface area contributed by atoms with E-state index in [2.05, 4.69) is 16.0 Å². The lowest BCUT2D eigenvalue weighted by Gasteiger charge is -2.09. The second kappa shape index (κ2) is 7.59. The summed E-state index contributed by atoms with van der Waals surface area (Å²) in [4.78, 5) is 13.7. The zero-order valence-corrected chi connectivity index (χ0v) is 14.6. The van der Waals surface area contributed by atoms with Gasteiger partial charge in [0, 0.05) is 12.4 Å². The molecule has 128 valence electrons. The number of hydrogen-bond donors (Lipinski definition) is 0. The Kier molecular flexibility index (Phi) is 4.67. The van der Waals surface area contributed by atoms with Gasteiger partial charge in [-0.25, -0.2) is 4.98 Å². The zero-order chi connectivity index (χ0) is 18.5. The van der Waals surface area contributed by atoms with Crippen molar-refractivity contribution in [2.75, 3.05) is 0 Å². The lowest BCUT2D eigenvalue weighted by Crippen LogP contribution is -1.94. The van der Waals surface area contributed by atoms with E-state index < -0.39 is 0 Å². The maximum absolute atomic E-state index is 8.86. The van der Waals surface area contributed by atoms with Crippen molar-refractivity contribution in [3.05, 3.63) is 90.8 Å². The normalized spacial score (nSPS) is 10.3. The van der Waals surface area contributed by atoms with Gasteiger partial charge in [-0.05, 0) is 53.1 Å². The molecule has 4 nitrogen and oxygen atoms in total. The van der Waals surface area contributed by atoms with Crippen LogP contribution in [-0.2, 0) is 6.42 Å². The molecule has 0 fully saturated rings. The van der Waals surface area contributed by atoms with E-state index in [-0.39, 0.29) is 0 Å². The van der Waals surface area contributed by atoms with E-state index in [1.54, 1.807) is 12.4 Å². The van der Waals surface area contributed by atoms with E-state index in [9.17, 15) is 0 Å². The quantitative estimate of drug-likeness (QED) is 0.524. The van der Waals surface area contributed by atoms with Crippen LogP contribution in [0.5, 0.6) is 0 Å². The number of benzene rings is 1. The van der Waals surface area contributed by atoms with Crippen LogP contribution in [0.25, 0.3) is 33.9 Å². The molecule has 0 saturated carbocycles. The summed E-state index contributed by atoms with van der Waals surface area (Å²) < 4.78 is 0. The van der Waals surface area contributed by atoms with Crippen molar-refractivity contribution in [2.45, 2.75) is 6.42 Å². The SMILES string of the molecule is N#CCc1ccc(-c2cc(-c3ccccn3)nc(-c3ccccn3)c2)cc1. The Labute approximate surface area is 157 Å². The highest BCUT2D eigenvalue weighted by atomic mass is 14.8. The second-order valence-corrected chi connectivity index (χ2v) is 6.09. The van der Waals surface area contributed by atoms with Gasteiger partial charge in [0.05, 0.1) is 35.3 Å². The first-order chi connectivity index (χ1) is 13.3. The molecule has 1 aromatic carbocycles. The lowest BCUT2D eigenvalue weighted by molar-refractivity contribution is 1.22. The molecule has 0 radical (unpaired) electrons. The van der Waals surface area contributed by atoms with Crippen molar-refractivity contribution in [3.8, 4) is 40.0 Å². The first kappa shape index (κ1) is 16.6. The Morgan fingerprint density at radius 3 is 1.74 bits per heavy atom. The van der Waals surface area contributed by atoms with Crippen LogP contribution >= 0.6 is 0 Å². The largest absolute Gasteiger partial charge is 0.255 e. The van der Waals surface area contributed by atoms with Crippen LogP contribution in [0.15, 0.2) is 85.2 Å². The molecule has 4 rings (SSSR count). The molecule has 4 aromatic rings. The zero-order valence-electron chi connectivity index (χ0n) is 14.6. The number of pyridine rings is 3. The summed E-state index contributed by atoms with van der Waals surface area (Å²) in [5.74, 6) is 0. The maximum atomic E-state index is 8.86. The Morgan fingerprint density at radius 1 is 0.667 bits per heavy atom. The molecular weight excluding hydrogens is 332 g/mol. The van der Waals surface area contributed by atoms with Crippen molar-refractivity contribution in [2.24, 2.45) is 0 Å². The number of nitrogens with zero attached hydrogens (tertiary/aromatic N) is 4. The molecule has 3 aromatic heterocycles. The predicted octanol–water partition coefficient (Wildman–Crippen LogP) is 4.94. The van der Waals surface area contributed by atoms with E-state index in [4.69, 9.17) is 10.2 Å². The van der Waals surface area contributed by atoms with Gasteiger partial charge in [0.1, 0.15) is 0 Å². The fourth-order valence-corrected chi connectivity index (χ4v) is 2.89. The Balaban J connectivity index is 1.84. The minimum absolute atomic E-state index is 0.412. The third kappa shape index (κ3) is 3.73. The predicted molar refractivity (Wildman–Crippen MR) is 105 cm³/mol. The molecule has 0 amide bonds. The second-order valence-electron chi connectivity index (χ2n) is 6.09. The van der Waals surface area contributed by atoms with Crippen molar-refractivity contribution in [1.29, 1.82) is 5.26 Å². The van der Waals surface area contributed by atoms with Gasteiger partial charge in [-0.15, -0.1) is 0 Å². The van der Waals surface area contributed by atoms with Crippen molar-refractivity contribution in [1.82, 2.24) is 15.0 Å². The Bertz CT molecular complexity index is 1030. The topological polar surface area (TPSA) is 62.5 Å². The lowest BCUT2D eigenvalue weighted by atomic mass is 10.0. The molecule has 3 heterocycles. The molecule has 4 heteroatoms. The molecule has 0 aliphatic carbocycles. The third-order valence-electron chi connectivity index (χ3n) is 4.25. The van der Waals surface area contributed by atoms with Gasteiger partial charge in [0.25, 0.3) is 0 Å². The molecule has 0 saturated heterocycles. The van der Waals surface area contributed by atoms with Crippen LogP contribution in [0.3, 0.4) is 0 Å². The molecule has 0 unspecified atom stereocenters. The number of nitriles is 1. The minimum Gasteiger partial charge on any atom is -0.255 e. The van der Waals surface area contributed by atoms with E-state index in [0.29, 0.717) is 6.42 Å². The van der Waals surface area contributed by atoms with Gasteiger partial charge in [-0.2, -0.15) is 5.26 Å². The molecular formula is C23H16N4. The summed E-state index contributed by atoms with van der Waals surface area (Å²) in [6.45, 7) is 0. The van der Waals surface area contributed by atoms with Gasteiger partial charge in [0.2, 0.25) is 0 Å². The molecule has 0 atom stereocenters. The molecule has 0 aliphatic rings. The summed E-state index contributed by atoms with van der Waals surface area (Å²) in [6, 6.07) is 25.9. The Morgan fingerprint density at radius 2 is 1.26 bits per heavy atom. The summed E-state index contributed by atoms with van der Waals surface area (Å²) in [7, 11) is 0. The van der Waals surface area contributed by atoms with Gasteiger partial charge >= 0.3 is 0 Å². The summed E-state index contributed by atoms with van der Waals surface area (Å²) in [6.07, 6.45) is 3.94. The molecule has 0 aliphatic heterocycles. The van der Waals surface area contributed by atoms with Gasteiger partial charge < -0.3 is 0 Å². The average molecular weight is 348 g/mol. The van der Waals surface area contributed by atoms with E-state index in [1.807, 2.05) is 72.8 Å². The minimum atomic E-state index is 0.412. The van der Waals surface area contributed by atoms with Crippen LogP contribution < -0.4 is 0 Å². The third-order valence-corrected chi connectivity index (χ3v) is 4.25. The average Bonchev–Trinajstić information content (AvgIpc) is 2.75. The molecule has 0 bridgehead atoms. The van der Waals surface area contributed by atoms with Crippen LogP contribution in [0.2, 0.25) is 0 Å². The maximum Gasteiger partial charge on any atom is 0.0900 e. The van der Waals surface area contributed by atoms with Crippen molar-refractivity contribution >= 4 is 0 Å². The molecule has 0 N–H and O–H groups in total. The smallest absolute Gasteiger partial charge is 0.0900 e. The first-order valence-corrected chi connectivity index (χ1v) is 8.64. The molecule has 0 spiro atoms. The number of rotatable bonds is 4. The summed E-state index contributed by atoms with van der Waals surface area (Å²) >= 11 is 0. The first-order valence-electron chi connectivity index (χ1n) is 8.64. The highest BCUT2D eigenvalue weighted by Crippen LogP contribution is 2.29. The van der Waals surface area contributed by atoms with Gasteiger partial charge in [-0.1, -0.05) is 36.4 Å². The molecule has 27 heavy (non-hydrogen) atoms. The van der Waals surface area contributed by atoms with Gasteiger partial charge in [-0.3, -0.25) is 9.97 Å². The standard InChI is InChI=1S/C23H16N4/c24-12-11-17-7-9-18(10-8-17)19-15-22(20-5-1-3-13-25-20)27-23(16-19)21-6-2-4-14-26-21/h1-10,13-16H,11H2. The van der Waals surface area contributed by atoms with E-state index in [0.717, 1.165) is 39.5 Å². The van der Waals surface area contributed by atoms with Crippen molar-refractivity contribution < 1.29 is 0 Å². The summed E-state index contributed by atoms with van der Waals surface area (Å²) in [5, 5.41) is 8.86. The van der Waals surface area contributed by atoms with Crippen LogP contribution in [-0.4, -0.2) is 15.0 Å². The Hall–Kier alpha value is -3.84. The number of hydrogen-bond acceptors (Lipinski definition) is 4. The highest BCUT2D eigenvalue weighted by Gasteiger charge is 2.10. The van der Waals surface area contributed by atoms with Crippen LogP contribution in [0.4, 0.5) is 0 Å². The van der Waals surface area contributed by atoms with E-state index in [1.165, 1.54) is 0 Å². The summed E-state index contributed by atoms with van der Waals surface area (Å²) in [5.41, 5.74) is 6.34. The van der Waals surface area contributed by atoms with Crippen LogP contribution in [0.1, 0.15) is 5.56 Å².